The van der Waals surface area contributed by atoms with Gasteiger partial charge in [0.2, 0.25) is 5.91 Å². The van der Waals surface area contributed by atoms with Crippen molar-refractivity contribution in [3.63, 3.8) is 0 Å². The first-order valence-electron chi connectivity index (χ1n) is 7.76. The van der Waals surface area contributed by atoms with E-state index in [-0.39, 0.29) is 5.41 Å². The molecular formula is C17H22N2O4S. The molecule has 1 heterocycles. The number of rotatable bonds is 4. The van der Waals surface area contributed by atoms with E-state index < -0.39 is 17.8 Å². The van der Waals surface area contributed by atoms with Gasteiger partial charge in [-0.3, -0.25) is 9.59 Å². The fourth-order valence-electron chi connectivity index (χ4n) is 2.97. The van der Waals surface area contributed by atoms with Crippen LogP contribution in [0.3, 0.4) is 0 Å². The molecule has 130 valence electrons. The van der Waals surface area contributed by atoms with Crippen LogP contribution in [-0.4, -0.2) is 22.9 Å². The molecule has 6 nitrogen and oxygen atoms in total. The number of nitrogens with two attached hydrogens (primary N) is 1. The van der Waals surface area contributed by atoms with Crippen LogP contribution in [0.2, 0.25) is 0 Å². The molecule has 0 radical (unpaired) electrons. The lowest BCUT2D eigenvalue weighted by atomic mass is 9.72. The van der Waals surface area contributed by atoms with E-state index in [0.29, 0.717) is 16.5 Å². The lowest BCUT2D eigenvalue weighted by Gasteiger charge is -2.33. The van der Waals surface area contributed by atoms with Crippen molar-refractivity contribution >= 4 is 34.1 Å². The van der Waals surface area contributed by atoms with Gasteiger partial charge in [-0.05, 0) is 36.2 Å². The molecule has 0 saturated carbocycles. The van der Waals surface area contributed by atoms with Crippen LogP contribution in [0.5, 0.6) is 0 Å². The minimum absolute atomic E-state index is 0.169. The van der Waals surface area contributed by atoms with Gasteiger partial charge >= 0.3 is 5.97 Å². The minimum Gasteiger partial charge on any atom is -0.478 e. The predicted octanol–water partition coefficient (Wildman–Crippen LogP) is 2.58. The van der Waals surface area contributed by atoms with E-state index in [1.807, 2.05) is 0 Å². The van der Waals surface area contributed by atoms with E-state index in [1.165, 1.54) is 11.3 Å². The summed E-state index contributed by atoms with van der Waals surface area (Å²) in [5.41, 5.74) is 6.96. The summed E-state index contributed by atoms with van der Waals surface area (Å²) in [6, 6.07) is 0. The van der Waals surface area contributed by atoms with Gasteiger partial charge in [0.25, 0.3) is 5.91 Å². The van der Waals surface area contributed by atoms with Crippen LogP contribution in [0, 0.1) is 11.3 Å². The van der Waals surface area contributed by atoms with Gasteiger partial charge in [0.05, 0.1) is 5.56 Å². The number of aliphatic carboxylic acids is 1. The molecule has 24 heavy (non-hydrogen) atoms. The van der Waals surface area contributed by atoms with Crippen molar-refractivity contribution in [3.8, 4) is 0 Å². The second kappa shape index (κ2) is 6.76. The lowest BCUT2D eigenvalue weighted by Crippen LogP contribution is -2.27. The van der Waals surface area contributed by atoms with Gasteiger partial charge in [-0.25, -0.2) is 4.79 Å². The Labute approximate surface area is 144 Å². The molecule has 0 aromatic carbocycles. The van der Waals surface area contributed by atoms with Gasteiger partial charge in [0.1, 0.15) is 5.00 Å². The van der Waals surface area contributed by atoms with Crippen molar-refractivity contribution in [2.24, 2.45) is 17.1 Å². The number of thiophene rings is 1. The molecule has 0 bridgehead atoms. The second-order valence-corrected chi connectivity index (χ2v) is 8.14. The number of hydrogen-bond donors (Lipinski definition) is 3. The van der Waals surface area contributed by atoms with Gasteiger partial charge in [-0.15, -0.1) is 11.3 Å². The van der Waals surface area contributed by atoms with Crippen LogP contribution in [0.15, 0.2) is 12.2 Å². The van der Waals surface area contributed by atoms with Crippen molar-refractivity contribution in [2.75, 3.05) is 5.32 Å². The van der Waals surface area contributed by atoms with Crippen molar-refractivity contribution in [2.45, 2.75) is 40.0 Å². The van der Waals surface area contributed by atoms with Crippen molar-refractivity contribution in [3.05, 3.63) is 28.2 Å². The van der Waals surface area contributed by atoms with E-state index in [9.17, 15) is 14.4 Å². The van der Waals surface area contributed by atoms with E-state index in [1.54, 1.807) is 0 Å². The number of amides is 2. The van der Waals surface area contributed by atoms with Crippen molar-refractivity contribution in [1.29, 1.82) is 0 Å². The monoisotopic (exact) mass is 350 g/mol. The maximum absolute atomic E-state index is 11.8. The van der Waals surface area contributed by atoms with Crippen LogP contribution in [0.4, 0.5) is 5.00 Å². The molecule has 1 aromatic rings. The number of carbonyl (C=O) groups is 3. The average Bonchev–Trinajstić information content (AvgIpc) is 2.80. The highest BCUT2D eigenvalue weighted by Gasteiger charge is 2.33. The number of nitrogens with one attached hydrogen (secondary N) is 1. The largest absolute Gasteiger partial charge is 0.478 e. The Balaban J connectivity index is 2.31. The highest BCUT2D eigenvalue weighted by molar-refractivity contribution is 7.17. The fraction of sp³-hybridized carbons (Fsp3) is 0.471. The molecule has 0 fully saturated rings. The van der Waals surface area contributed by atoms with Gasteiger partial charge in [0, 0.05) is 17.0 Å². The van der Waals surface area contributed by atoms with E-state index in [2.05, 4.69) is 26.1 Å². The van der Waals surface area contributed by atoms with Crippen molar-refractivity contribution in [1.82, 2.24) is 0 Å². The quantitative estimate of drug-likeness (QED) is 0.725. The van der Waals surface area contributed by atoms with Crippen LogP contribution >= 0.6 is 11.3 Å². The molecule has 2 rings (SSSR count). The molecule has 7 heteroatoms. The third-order valence-electron chi connectivity index (χ3n) is 4.35. The Kier molecular flexibility index (Phi) is 5.13. The summed E-state index contributed by atoms with van der Waals surface area (Å²) in [7, 11) is 0. The van der Waals surface area contributed by atoms with Crippen LogP contribution in [0.25, 0.3) is 0 Å². The highest BCUT2D eigenvalue weighted by atomic mass is 32.1. The first kappa shape index (κ1) is 18.2. The topological polar surface area (TPSA) is 109 Å². The summed E-state index contributed by atoms with van der Waals surface area (Å²) in [5.74, 6) is -1.87. The van der Waals surface area contributed by atoms with Gasteiger partial charge in [-0.1, -0.05) is 20.8 Å². The second-order valence-electron chi connectivity index (χ2n) is 7.04. The van der Waals surface area contributed by atoms with Crippen LogP contribution in [-0.2, 0) is 22.4 Å². The normalized spacial score (nSPS) is 17.5. The molecule has 1 atom stereocenters. The summed E-state index contributed by atoms with van der Waals surface area (Å²) >= 11 is 1.36. The van der Waals surface area contributed by atoms with E-state index in [0.717, 1.165) is 41.9 Å². The molecule has 4 N–H and O–H groups in total. The molecular weight excluding hydrogens is 328 g/mol. The zero-order valence-corrected chi connectivity index (χ0v) is 14.8. The zero-order valence-electron chi connectivity index (χ0n) is 14.0. The first-order chi connectivity index (χ1) is 11.1. The van der Waals surface area contributed by atoms with E-state index in [4.69, 9.17) is 10.8 Å². The number of carboxylic acids is 1. The van der Waals surface area contributed by atoms with Crippen molar-refractivity contribution < 1.29 is 19.5 Å². The third-order valence-corrected chi connectivity index (χ3v) is 5.52. The highest BCUT2D eigenvalue weighted by Crippen LogP contribution is 2.44. The summed E-state index contributed by atoms with van der Waals surface area (Å²) in [5, 5.41) is 11.6. The Hall–Kier alpha value is -2.15. The third kappa shape index (κ3) is 4.03. The Morgan fingerprint density at radius 3 is 2.50 bits per heavy atom. The Morgan fingerprint density at radius 1 is 1.29 bits per heavy atom. The van der Waals surface area contributed by atoms with Crippen LogP contribution < -0.4 is 11.1 Å². The predicted molar refractivity (Wildman–Crippen MR) is 93.2 cm³/mol. The fourth-order valence-corrected chi connectivity index (χ4v) is 4.31. The smallest absolute Gasteiger partial charge is 0.328 e. The molecule has 0 saturated heterocycles. The summed E-state index contributed by atoms with van der Waals surface area (Å²) < 4.78 is 0. The zero-order chi connectivity index (χ0) is 18.1. The Bertz CT molecular complexity index is 713. The average molecular weight is 350 g/mol. The van der Waals surface area contributed by atoms with Gasteiger partial charge < -0.3 is 16.2 Å². The number of anilines is 1. The molecule has 0 spiro atoms. The molecule has 1 aliphatic rings. The summed E-state index contributed by atoms with van der Waals surface area (Å²) in [6.45, 7) is 6.60. The SMILES string of the molecule is CC(C)(C)[C@@H]1CCc2c(sc(NC(=O)/C=C/C(=O)O)c2C(N)=O)C1. The first-order valence-corrected chi connectivity index (χ1v) is 8.57. The minimum atomic E-state index is -1.21. The standard InChI is InChI=1S/C17H22N2O4S/c1-17(2,3)9-4-5-10-11(8-9)24-16(14(10)15(18)23)19-12(20)6-7-13(21)22/h6-7,9H,4-5,8H2,1-3H3,(H2,18,23)(H,19,20)(H,21,22)/b7-6+/t9-/m1/s1. The number of primary amides is 1. The van der Waals surface area contributed by atoms with E-state index >= 15 is 0 Å². The molecule has 1 aliphatic carbocycles. The van der Waals surface area contributed by atoms with Gasteiger partial charge in [0.15, 0.2) is 0 Å². The lowest BCUT2D eigenvalue weighted by molar-refractivity contribution is -0.131. The number of carboxylic acid groups (broad SMARTS) is 1. The molecule has 2 amide bonds. The number of hydrogen-bond acceptors (Lipinski definition) is 4. The maximum atomic E-state index is 11.8. The Morgan fingerprint density at radius 2 is 1.96 bits per heavy atom. The summed E-state index contributed by atoms with van der Waals surface area (Å²) in [6.07, 6.45) is 4.25. The number of fused-ring (bicyclic) bond motifs is 1. The molecule has 0 unspecified atom stereocenters. The molecule has 0 aliphatic heterocycles. The maximum Gasteiger partial charge on any atom is 0.328 e. The van der Waals surface area contributed by atoms with Gasteiger partial charge in [-0.2, -0.15) is 0 Å². The molecule has 1 aromatic heterocycles. The summed E-state index contributed by atoms with van der Waals surface area (Å²) in [4.78, 5) is 35.2. The van der Waals surface area contributed by atoms with Crippen LogP contribution in [0.1, 0.15) is 48.0 Å². The number of carbonyl (C=O) groups excluding carboxylic acids is 2.